The minimum atomic E-state index is -0.314. The van der Waals surface area contributed by atoms with Gasteiger partial charge in [0.1, 0.15) is 6.10 Å². The Morgan fingerprint density at radius 2 is 2.30 bits per heavy atom. The van der Waals surface area contributed by atoms with E-state index in [1.165, 1.54) is 0 Å². The highest BCUT2D eigenvalue weighted by Crippen LogP contribution is 2.24. The lowest BCUT2D eigenvalue weighted by molar-refractivity contribution is 0.0869. The first-order valence-corrected chi connectivity index (χ1v) is 7.49. The van der Waals surface area contributed by atoms with Gasteiger partial charge in [0.15, 0.2) is 5.65 Å². The van der Waals surface area contributed by atoms with Crippen molar-refractivity contribution < 1.29 is 9.63 Å². The Kier molecular flexibility index (Phi) is 3.89. The second-order valence-corrected chi connectivity index (χ2v) is 6.53. The maximum Gasteiger partial charge on any atom is 0.319 e. The van der Waals surface area contributed by atoms with Gasteiger partial charge >= 0.3 is 6.03 Å². The van der Waals surface area contributed by atoms with E-state index < -0.39 is 0 Å². The van der Waals surface area contributed by atoms with Crippen LogP contribution in [-0.4, -0.2) is 39.0 Å². The third-order valence-corrected chi connectivity index (χ3v) is 3.59. The van der Waals surface area contributed by atoms with Gasteiger partial charge in [0.05, 0.1) is 36.5 Å². The molecule has 8 nitrogen and oxygen atoms in total. The average molecular weight is 316 g/mol. The Bertz CT molecular complexity index is 746. The Labute approximate surface area is 133 Å². The van der Waals surface area contributed by atoms with Crippen molar-refractivity contribution >= 4 is 23.1 Å². The maximum absolute atomic E-state index is 11.9. The van der Waals surface area contributed by atoms with Crippen LogP contribution in [0.4, 0.5) is 10.5 Å². The molecular weight excluding hydrogens is 296 g/mol. The van der Waals surface area contributed by atoms with Crippen molar-refractivity contribution in [2.45, 2.75) is 33.3 Å². The summed E-state index contributed by atoms with van der Waals surface area (Å²) >= 11 is 0. The summed E-state index contributed by atoms with van der Waals surface area (Å²) < 4.78 is 1.60. The molecule has 2 aromatic heterocycles. The van der Waals surface area contributed by atoms with Crippen molar-refractivity contribution in [1.82, 2.24) is 19.9 Å². The highest BCUT2D eigenvalue weighted by molar-refractivity contribution is 5.91. The van der Waals surface area contributed by atoms with Crippen LogP contribution in [-0.2, 0) is 4.84 Å². The van der Waals surface area contributed by atoms with Crippen molar-refractivity contribution in [2.24, 2.45) is 10.6 Å². The minimum absolute atomic E-state index is 0.0121. The van der Waals surface area contributed by atoms with Gasteiger partial charge in [-0.05, 0) is 0 Å². The Hall–Kier alpha value is -2.64. The molecule has 3 rings (SSSR count). The standard InChI is InChI=1S/C15H20N6O2/c1-15(2,3)12-6-11(23-20-12)8-17-14(22)19-10-7-16-13-4-5-18-21(13)9-10/h4-5,7,9,11H,6,8H2,1-3H3,(H2,17,19,22). The number of nitrogens with zero attached hydrogens (tertiary/aromatic N) is 4. The number of aromatic nitrogens is 3. The van der Waals surface area contributed by atoms with Crippen LogP contribution < -0.4 is 10.6 Å². The molecule has 122 valence electrons. The molecule has 0 saturated heterocycles. The molecule has 2 N–H and O–H groups in total. The number of carbonyl (C=O) groups excluding carboxylic acids is 1. The summed E-state index contributed by atoms with van der Waals surface area (Å²) in [4.78, 5) is 21.5. The topological polar surface area (TPSA) is 92.9 Å². The van der Waals surface area contributed by atoms with Crippen molar-refractivity contribution in [3.63, 3.8) is 0 Å². The van der Waals surface area contributed by atoms with Gasteiger partial charge in [-0.15, -0.1) is 0 Å². The van der Waals surface area contributed by atoms with Gasteiger partial charge in [0.25, 0.3) is 0 Å². The van der Waals surface area contributed by atoms with Crippen LogP contribution >= 0.6 is 0 Å². The van der Waals surface area contributed by atoms with E-state index in [0.29, 0.717) is 12.2 Å². The number of fused-ring (bicyclic) bond motifs is 1. The van der Waals surface area contributed by atoms with Gasteiger partial charge in [0, 0.05) is 17.9 Å². The number of anilines is 1. The highest BCUT2D eigenvalue weighted by Gasteiger charge is 2.29. The quantitative estimate of drug-likeness (QED) is 0.906. The molecule has 8 heteroatoms. The van der Waals surface area contributed by atoms with Gasteiger partial charge < -0.3 is 15.5 Å². The fraction of sp³-hybridized carbons (Fsp3) is 0.467. The molecule has 1 atom stereocenters. The Morgan fingerprint density at radius 1 is 1.48 bits per heavy atom. The zero-order valence-corrected chi connectivity index (χ0v) is 13.4. The molecule has 0 aromatic carbocycles. The number of urea groups is 1. The van der Waals surface area contributed by atoms with Crippen molar-refractivity contribution in [2.75, 3.05) is 11.9 Å². The van der Waals surface area contributed by atoms with E-state index in [1.807, 2.05) is 0 Å². The molecule has 1 aliphatic rings. The molecule has 0 aliphatic carbocycles. The maximum atomic E-state index is 11.9. The monoisotopic (exact) mass is 316 g/mol. The van der Waals surface area contributed by atoms with Crippen molar-refractivity contribution in [3.8, 4) is 0 Å². The van der Waals surface area contributed by atoms with E-state index in [-0.39, 0.29) is 17.6 Å². The van der Waals surface area contributed by atoms with Gasteiger partial charge in [-0.2, -0.15) is 5.10 Å². The third kappa shape index (κ3) is 3.58. The van der Waals surface area contributed by atoms with Crippen LogP contribution in [0.1, 0.15) is 27.2 Å². The number of amides is 2. The lowest BCUT2D eigenvalue weighted by atomic mass is 9.87. The lowest BCUT2D eigenvalue weighted by Gasteiger charge is -2.17. The Morgan fingerprint density at radius 3 is 3.04 bits per heavy atom. The van der Waals surface area contributed by atoms with Gasteiger partial charge in [-0.1, -0.05) is 25.9 Å². The van der Waals surface area contributed by atoms with Gasteiger partial charge in [-0.25, -0.2) is 14.3 Å². The van der Waals surface area contributed by atoms with Gasteiger partial charge in [-0.3, -0.25) is 0 Å². The molecule has 1 aliphatic heterocycles. The predicted molar refractivity (Wildman–Crippen MR) is 86.4 cm³/mol. The average Bonchev–Trinajstić information content (AvgIpc) is 3.13. The van der Waals surface area contributed by atoms with E-state index in [1.54, 1.807) is 29.2 Å². The molecular formula is C15H20N6O2. The first-order chi connectivity index (χ1) is 10.9. The zero-order chi connectivity index (χ0) is 16.4. The molecule has 2 aromatic rings. The molecule has 2 amide bonds. The minimum Gasteiger partial charge on any atom is -0.390 e. The number of hydrogen-bond donors (Lipinski definition) is 2. The van der Waals surface area contributed by atoms with Crippen LogP contribution in [0.3, 0.4) is 0 Å². The molecule has 0 radical (unpaired) electrons. The third-order valence-electron chi connectivity index (χ3n) is 3.59. The summed E-state index contributed by atoms with van der Waals surface area (Å²) in [6.45, 7) is 6.68. The highest BCUT2D eigenvalue weighted by atomic mass is 16.6. The van der Waals surface area contributed by atoms with E-state index >= 15 is 0 Å². The van der Waals surface area contributed by atoms with Crippen LogP contribution in [0, 0.1) is 5.41 Å². The fourth-order valence-electron chi connectivity index (χ4n) is 2.24. The zero-order valence-electron chi connectivity index (χ0n) is 13.4. The van der Waals surface area contributed by atoms with E-state index in [2.05, 4.69) is 46.6 Å². The number of oxime groups is 1. The van der Waals surface area contributed by atoms with Crippen LogP contribution in [0.25, 0.3) is 5.65 Å². The lowest BCUT2D eigenvalue weighted by Crippen LogP contribution is -2.36. The first-order valence-electron chi connectivity index (χ1n) is 7.49. The summed E-state index contributed by atoms with van der Waals surface area (Å²) in [5.41, 5.74) is 2.29. The number of carbonyl (C=O) groups is 1. The van der Waals surface area contributed by atoms with E-state index in [9.17, 15) is 4.79 Å². The summed E-state index contributed by atoms with van der Waals surface area (Å²) in [5.74, 6) is 0. The normalized spacial score (nSPS) is 17.7. The summed E-state index contributed by atoms with van der Waals surface area (Å²) in [6.07, 6.45) is 5.54. The second kappa shape index (κ2) is 5.86. The molecule has 3 heterocycles. The van der Waals surface area contributed by atoms with Crippen LogP contribution in [0.5, 0.6) is 0 Å². The summed E-state index contributed by atoms with van der Waals surface area (Å²) in [6, 6.07) is 1.47. The number of nitrogens with one attached hydrogen (secondary N) is 2. The summed E-state index contributed by atoms with van der Waals surface area (Å²) in [7, 11) is 0. The molecule has 0 bridgehead atoms. The van der Waals surface area contributed by atoms with Gasteiger partial charge in [0.2, 0.25) is 0 Å². The molecule has 0 spiro atoms. The first kappa shape index (κ1) is 15.3. The largest absolute Gasteiger partial charge is 0.390 e. The smallest absolute Gasteiger partial charge is 0.319 e. The van der Waals surface area contributed by atoms with E-state index in [4.69, 9.17) is 4.84 Å². The van der Waals surface area contributed by atoms with Crippen molar-refractivity contribution in [3.05, 3.63) is 24.7 Å². The number of hydrogen-bond acceptors (Lipinski definition) is 5. The number of rotatable bonds is 3. The second-order valence-electron chi connectivity index (χ2n) is 6.53. The fourth-order valence-corrected chi connectivity index (χ4v) is 2.24. The molecule has 0 saturated carbocycles. The SMILES string of the molecule is CC(C)(C)C1=NOC(CNC(=O)Nc2cnc3ccnn3c2)C1. The molecule has 1 unspecified atom stereocenters. The predicted octanol–water partition coefficient (Wildman–Crippen LogP) is 2.04. The van der Waals surface area contributed by atoms with E-state index in [0.717, 1.165) is 17.8 Å². The summed E-state index contributed by atoms with van der Waals surface area (Å²) in [5, 5.41) is 13.7. The van der Waals surface area contributed by atoms with Crippen molar-refractivity contribution in [1.29, 1.82) is 0 Å². The van der Waals surface area contributed by atoms with Crippen LogP contribution in [0.2, 0.25) is 0 Å². The Balaban J connectivity index is 1.49. The molecule has 0 fully saturated rings. The molecule has 23 heavy (non-hydrogen) atoms. The van der Waals surface area contributed by atoms with Crippen LogP contribution in [0.15, 0.2) is 29.8 Å².